The van der Waals surface area contributed by atoms with Gasteiger partial charge in [0.25, 0.3) is 0 Å². The molecule has 12 nitrogen and oxygen atoms in total. The predicted octanol–water partition coefficient (Wildman–Crippen LogP) is 4.03. The molecule has 4 rings (SSSR count). The van der Waals surface area contributed by atoms with Crippen LogP contribution < -0.4 is 9.47 Å². The summed E-state index contributed by atoms with van der Waals surface area (Å²) in [5.41, 5.74) is 1.04. The average Bonchev–Trinajstić information content (AvgIpc) is 3.62. The number of hydrogen-bond donors (Lipinski definition) is 4. The molecule has 0 bridgehead atoms. The van der Waals surface area contributed by atoms with Crippen molar-refractivity contribution in [3.63, 3.8) is 0 Å². The number of methoxy groups -OCH3 is 2. The summed E-state index contributed by atoms with van der Waals surface area (Å²) < 4.78 is 10.3. The van der Waals surface area contributed by atoms with Crippen molar-refractivity contribution in [3.05, 3.63) is 47.5 Å². The highest BCUT2D eigenvalue weighted by molar-refractivity contribution is 8.87. The minimum Gasteiger partial charge on any atom is -0.507 e. The van der Waals surface area contributed by atoms with Gasteiger partial charge >= 0.3 is 11.9 Å². The van der Waals surface area contributed by atoms with E-state index in [9.17, 15) is 39.6 Å². The first-order valence-electron chi connectivity index (χ1n) is 13.4. The van der Waals surface area contributed by atoms with Crippen LogP contribution in [0.2, 0.25) is 0 Å². The molecule has 2 aliphatic rings. The molecule has 238 valence electrons. The van der Waals surface area contributed by atoms with Crippen LogP contribution >= 0.6 is 45.1 Å². The molecule has 2 aliphatic heterocycles. The SMILES string of the molecule is COc1ccc(C2SCC(C(=O)O)N2CCC(=O)SSC(=O)CCN2C(C(=O)O)CSC2c2ccc(OC)cc2O)c(O)c1. The molecule has 4 N–H and O–H groups in total. The number of rotatable bonds is 12. The number of nitrogens with zero attached hydrogens (tertiary/aromatic N) is 2. The van der Waals surface area contributed by atoms with Crippen molar-refractivity contribution in [2.45, 2.75) is 35.7 Å². The van der Waals surface area contributed by atoms with E-state index in [0.717, 1.165) is 21.6 Å². The van der Waals surface area contributed by atoms with Gasteiger partial charge in [-0.05, 0) is 45.9 Å². The molecule has 0 amide bonds. The number of phenols is 2. The van der Waals surface area contributed by atoms with Gasteiger partial charge in [0.1, 0.15) is 35.1 Å². The highest BCUT2D eigenvalue weighted by Gasteiger charge is 2.41. The first-order valence-corrected chi connectivity index (χ1v) is 17.6. The lowest BCUT2D eigenvalue weighted by Gasteiger charge is -2.27. The number of thioether (sulfide) groups is 2. The number of aromatic hydroxyl groups is 2. The summed E-state index contributed by atoms with van der Waals surface area (Å²) in [5.74, 6) is -0.655. The molecule has 16 heteroatoms. The zero-order chi connectivity index (χ0) is 32.0. The predicted molar refractivity (Wildman–Crippen MR) is 170 cm³/mol. The zero-order valence-electron chi connectivity index (χ0n) is 23.8. The van der Waals surface area contributed by atoms with E-state index in [-0.39, 0.29) is 59.2 Å². The fourth-order valence-corrected chi connectivity index (χ4v) is 9.55. The number of benzene rings is 2. The van der Waals surface area contributed by atoms with Crippen molar-refractivity contribution >= 4 is 67.3 Å². The average molecular weight is 685 g/mol. The number of carboxylic acid groups (broad SMARTS) is 2. The quantitative estimate of drug-likeness (QED) is 0.236. The molecule has 0 aromatic heterocycles. The third-order valence-electron chi connectivity index (χ3n) is 7.18. The van der Waals surface area contributed by atoms with Crippen LogP contribution in [0.25, 0.3) is 0 Å². The summed E-state index contributed by atoms with van der Waals surface area (Å²) in [6, 6.07) is 7.89. The van der Waals surface area contributed by atoms with E-state index >= 15 is 0 Å². The number of carboxylic acids is 2. The summed E-state index contributed by atoms with van der Waals surface area (Å²) in [5, 5.41) is 38.9. The first kappa shape index (κ1) is 34.1. The van der Waals surface area contributed by atoms with E-state index < -0.39 is 34.8 Å². The van der Waals surface area contributed by atoms with Crippen LogP contribution in [0.15, 0.2) is 36.4 Å². The molecular formula is C28H32N2O10S4. The van der Waals surface area contributed by atoms with Gasteiger partial charge in [-0.2, -0.15) is 0 Å². The van der Waals surface area contributed by atoms with Crippen molar-refractivity contribution in [3.8, 4) is 23.0 Å². The van der Waals surface area contributed by atoms with E-state index in [2.05, 4.69) is 0 Å². The van der Waals surface area contributed by atoms with Gasteiger partial charge in [0.2, 0.25) is 10.2 Å². The standard InChI is InChI=1S/C28H32N2O10S4/c1-39-15-3-5-17(21(31)11-15)25-29(19(13-41-25)27(35)36)9-7-23(33)43-44-24(34)8-10-30-20(28(37)38)14-42-26(30)18-6-4-16(40-2)12-22(18)32/h3-6,11-12,19-20,25-26,31-32H,7-10,13-14H2,1-2H3,(H,35,36)(H,37,38). The van der Waals surface area contributed by atoms with Gasteiger partial charge in [-0.25, -0.2) is 0 Å². The van der Waals surface area contributed by atoms with Crippen molar-refractivity contribution < 1.29 is 49.1 Å². The number of carbonyl (C=O) groups is 4. The van der Waals surface area contributed by atoms with E-state index in [1.54, 1.807) is 34.1 Å². The Labute approximate surface area is 270 Å². The van der Waals surface area contributed by atoms with Crippen molar-refractivity contribution in [1.29, 1.82) is 0 Å². The van der Waals surface area contributed by atoms with Crippen LogP contribution in [-0.4, -0.2) is 103 Å². The fourth-order valence-electron chi connectivity index (χ4n) is 4.92. The van der Waals surface area contributed by atoms with Crippen LogP contribution in [0.3, 0.4) is 0 Å². The molecule has 4 atom stereocenters. The first-order chi connectivity index (χ1) is 21.0. The molecule has 2 fully saturated rings. The van der Waals surface area contributed by atoms with E-state index in [0.29, 0.717) is 22.6 Å². The van der Waals surface area contributed by atoms with Gasteiger partial charge in [-0.1, -0.05) is 0 Å². The Kier molecular flexibility index (Phi) is 12.0. The second kappa shape index (κ2) is 15.5. The number of carbonyl (C=O) groups excluding carboxylic acids is 2. The van der Waals surface area contributed by atoms with Gasteiger partial charge in [0, 0.05) is 60.7 Å². The normalized spacial score (nSPS) is 22.1. The van der Waals surface area contributed by atoms with E-state index in [4.69, 9.17) is 9.47 Å². The van der Waals surface area contributed by atoms with Gasteiger partial charge in [0.15, 0.2) is 0 Å². The second-order valence-corrected chi connectivity index (χ2v) is 14.3. The molecule has 44 heavy (non-hydrogen) atoms. The lowest BCUT2D eigenvalue weighted by Crippen LogP contribution is -2.40. The monoisotopic (exact) mass is 684 g/mol. The van der Waals surface area contributed by atoms with Crippen molar-refractivity contribution in [2.75, 3.05) is 38.8 Å². The summed E-state index contributed by atoms with van der Waals surface area (Å²) in [6.07, 6.45) is -0.0449. The van der Waals surface area contributed by atoms with Crippen molar-refractivity contribution in [1.82, 2.24) is 9.80 Å². The number of aliphatic carboxylic acids is 2. The molecule has 0 spiro atoms. The molecule has 2 saturated heterocycles. The maximum atomic E-state index is 12.7. The Bertz CT molecular complexity index is 1290. The number of ether oxygens (including phenoxy) is 2. The zero-order valence-corrected chi connectivity index (χ0v) is 27.0. The highest BCUT2D eigenvalue weighted by Crippen LogP contribution is 2.47. The molecule has 2 heterocycles. The molecule has 0 aliphatic carbocycles. The third kappa shape index (κ3) is 8.09. The minimum absolute atomic E-state index is 0.0224. The Morgan fingerprint density at radius 2 is 1.14 bits per heavy atom. The highest BCUT2D eigenvalue weighted by atomic mass is 33.1. The second-order valence-electron chi connectivity index (χ2n) is 9.82. The van der Waals surface area contributed by atoms with Crippen LogP contribution in [0, 0.1) is 0 Å². The van der Waals surface area contributed by atoms with E-state index in [1.165, 1.54) is 49.9 Å². The summed E-state index contributed by atoms with van der Waals surface area (Å²) in [4.78, 5) is 52.6. The fraction of sp³-hybridized carbons (Fsp3) is 0.429. The van der Waals surface area contributed by atoms with Crippen LogP contribution in [0.1, 0.15) is 34.7 Å². The van der Waals surface area contributed by atoms with Crippen LogP contribution in [0.5, 0.6) is 23.0 Å². The lowest BCUT2D eigenvalue weighted by molar-refractivity contribution is -0.143. The maximum absolute atomic E-state index is 12.7. The van der Waals surface area contributed by atoms with E-state index in [1.807, 2.05) is 0 Å². The molecular weight excluding hydrogens is 653 g/mol. The Balaban J connectivity index is 1.32. The summed E-state index contributed by atoms with van der Waals surface area (Å²) >= 11 is 2.71. The Hall–Kier alpha value is -2.76. The largest absolute Gasteiger partial charge is 0.507 e. The van der Waals surface area contributed by atoms with Crippen LogP contribution in [0.4, 0.5) is 0 Å². The third-order valence-corrected chi connectivity index (χ3v) is 12.1. The molecule has 2 aromatic carbocycles. The smallest absolute Gasteiger partial charge is 0.321 e. The number of phenolic OH excluding ortho intramolecular Hbond substituents is 2. The van der Waals surface area contributed by atoms with Gasteiger partial charge < -0.3 is 29.9 Å². The molecule has 0 saturated carbocycles. The molecule has 0 radical (unpaired) electrons. The number of hydrogen-bond acceptors (Lipinski definition) is 14. The molecule has 2 aromatic rings. The van der Waals surface area contributed by atoms with Gasteiger partial charge in [-0.15, -0.1) is 23.5 Å². The van der Waals surface area contributed by atoms with Crippen LogP contribution in [-0.2, 0) is 19.2 Å². The summed E-state index contributed by atoms with van der Waals surface area (Å²) in [7, 11) is 4.47. The Morgan fingerprint density at radius 1 is 0.750 bits per heavy atom. The van der Waals surface area contributed by atoms with Gasteiger partial charge in [-0.3, -0.25) is 29.0 Å². The minimum atomic E-state index is -1.03. The lowest BCUT2D eigenvalue weighted by atomic mass is 10.1. The molecule has 4 unspecified atom stereocenters. The van der Waals surface area contributed by atoms with Crippen molar-refractivity contribution in [2.24, 2.45) is 0 Å². The summed E-state index contributed by atoms with van der Waals surface area (Å²) in [6.45, 7) is 0.220. The Morgan fingerprint density at radius 3 is 1.45 bits per heavy atom. The maximum Gasteiger partial charge on any atom is 0.321 e. The van der Waals surface area contributed by atoms with Gasteiger partial charge in [0.05, 0.1) is 25.0 Å². The topological polar surface area (TPSA) is 174 Å².